The van der Waals surface area contributed by atoms with Gasteiger partial charge in [0, 0.05) is 6.07 Å². The van der Waals surface area contributed by atoms with Crippen molar-refractivity contribution in [3.05, 3.63) is 33.6 Å². The second-order valence-electron chi connectivity index (χ2n) is 3.02. The molecule has 0 saturated heterocycles. The number of hydrogen-bond donors (Lipinski definition) is 0. The molecule has 16 heavy (non-hydrogen) atoms. The van der Waals surface area contributed by atoms with Crippen LogP contribution < -0.4 is 4.74 Å². The molecule has 86 valence electrons. The number of Topliss-reactive ketones (excluding diaryl/α,β-unsaturated/α-hetero) is 1. The fourth-order valence-electron chi connectivity index (χ4n) is 1.29. The summed E-state index contributed by atoms with van der Waals surface area (Å²) in [6.45, 7) is 3.05. The van der Waals surface area contributed by atoms with Crippen LogP contribution in [-0.4, -0.2) is 17.3 Å². The summed E-state index contributed by atoms with van der Waals surface area (Å²) in [4.78, 5) is 20.8. The Balaban J connectivity index is 3.41. The molecule has 0 amide bonds. The quantitative estimate of drug-likeness (QED) is 0.449. The van der Waals surface area contributed by atoms with Crippen molar-refractivity contribution in [3.63, 3.8) is 0 Å². The van der Waals surface area contributed by atoms with Crippen molar-refractivity contribution < 1.29 is 18.8 Å². The van der Waals surface area contributed by atoms with Crippen molar-refractivity contribution in [2.24, 2.45) is 0 Å². The average Bonchev–Trinajstić information content (AvgIpc) is 2.17. The zero-order valence-electron chi connectivity index (χ0n) is 8.82. The Morgan fingerprint density at radius 1 is 1.56 bits per heavy atom. The predicted octanol–water partition coefficient (Wildman–Crippen LogP) is 2.34. The first-order chi connectivity index (χ1) is 7.49. The first kappa shape index (κ1) is 12.1. The van der Waals surface area contributed by atoms with Crippen LogP contribution in [0.15, 0.2) is 12.1 Å². The minimum atomic E-state index is -1.15. The number of rotatable bonds is 4. The van der Waals surface area contributed by atoms with Gasteiger partial charge in [0.1, 0.15) is 11.3 Å². The molecule has 0 unspecified atom stereocenters. The van der Waals surface area contributed by atoms with E-state index in [0.717, 1.165) is 13.0 Å². The van der Waals surface area contributed by atoms with Gasteiger partial charge in [-0.1, -0.05) is 0 Å². The number of halogens is 1. The molecule has 1 aromatic carbocycles. The Kier molecular flexibility index (Phi) is 3.55. The van der Waals surface area contributed by atoms with E-state index in [1.807, 2.05) is 0 Å². The summed E-state index contributed by atoms with van der Waals surface area (Å²) >= 11 is 0. The molecule has 0 heterocycles. The largest absolute Gasteiger partial charge is 0.493 e. The van der Waals surface area contributed by atoms with Crippen molar-refractivity contribution in [3.8, 4) is 5.75 Å². The lowest BCUT2D eigenvalue weighted by Crippen LogP contribution is -2.06. The second-order valence-corrected chi connectivity index (χ2v) is 3.02. The summed E-state index contributed by atoms with van der Waals surface area (Å²) in [6, 6.07) is 2.20. The molecule has 0 radical (unpaired) electrons. The number of benzene rings is 1. The Morgan fingerprint density at radius 2 is 2.19 bits per heavy atom. The summed E-state index contributed by atoms with van der Waals surface area (Å²) in [7, 11) is 0. The molecule has 0 N–H and O–H groups in total. The highest BCUT2D eigenvalue weighted by molar-refractivity contribution is 5.97. The Bertz CT molecular complexity index is 445. The van der Waals surface area contributed by atoms with Gasteiger partial charge in [-0.2, -0.15) is 4.39 Å². The van der Waals surface area contributed by atoms with E-state index in [9.17, 15) is 19.3 Å². The maximum absolute atomic E-state index is 13.6. The molecule has 0 saturated carbocycles. The number of hydrogen-bond acceptors (Lipinski definition) is 4. The minimum Gasteiger partial charge on any atom is -0.493 e. The van der Waals surface area contributed by atoms with E-state index >= 15 is 0 Å². The van der Waals surface area contributed by atoms with Crippen molar-refractivity contribution in [1.29, 1.82) is 0 Å². The topological polar surface area (TPSA) is 69.4 Å². The fourth-order valence-corrected chi connectivity index (χ4v) is 1.29. The third-order valence-corrected chi connectivity index (χ3v) is 1.93. The van der Waals surface area contributed by atoms with Crippen LogP contribution in [-0.2, 0) is 0 Å². The number of nitrogens with zero attached hydrogens (tertiary/aromatic N) is 1. The Hall–Kier alpha value is -1.98. The fraction of sp³-hybridized carbons (Fsp3) is 0.300. The molecule has 0 aliphatic carbocycles. The lowest BCUT2D eigenvalue weighted by atomic mass is 10.1. The van der Waals surface area contributed by atoms with Gasteiger partial charge < -0.3 is 4.74 Å². The van der Waals surface area contributed by atoms with Gasteiger partial charge in [0.25, 0.3) is 0 Å². The number of ether oxygens (including phenoxy) is 1. The molecule has 0 aliphatic heterocycles. The summed E-state index contributed by atoms with van der Waals surface area (Å²) in [5.41, 5.74) is -1.11. The molecule has 1 aromatic rings. The standard InChI is InChI=1S/C10H10FNO4/c1-3-16-8-5-4-7(12(14)15)10(11)9(8)6(2)13/h4-5H,3H2,1-2H3. The molecule has 0 spiro atoms. The van der Waals surface area contributed by atoms with Crippen LogP contribution in [0.5, 0.6) is 5.75 Å². The van der Waals surface area contributed by atoms with E-state index in [1.165, 1.54) is 6.07 Å². The lowest BCUT2D eigenvalue weighted by Gasteiger charge is -2.08. The van der Waals surface area contributed by atoms with Gasteiger partial charge in [-0.05, 0) is 19.9 Å². The second kappa shape index (κ2) is 4.69. The molecule has 0 fully saturated rings. The maximum Gasteiger partial charge on any atom is 0.305 e. The van der Waals surface area contributed by atoms with E-state index in [0.29, 0.717) is 0 Å². The van der Waals surface area contributed by atoms with Gasteiger partial charge in [-0.15, -0.1) is 0 Å². The molecular weight excluding hydrogens is 217 g/mol. The van der Waals surface area contributed by atoms with Crippen LogP contribution in [0.2, 0.25) is 0 Å². The Labute approximate surface area is 91.0 Å². The van der Waals surface area contributed by atoms with Gasteiger partial charge in [-0.25, -0.2) is 0 Å². The van der Waals surface area contributed by atoms with Gasteiger partial charge in [0.05, 0.1) is 11.5 Å². The SMILES string of the molecule is CCOc1ccc([N+](=O)[O-])c(F)c1C(C)=O. The first-order valence-corrected chi connectivity index (χ1v) is 4.59. The van der Waals surface area contributed by atoms with E-state index in [-0.39, 0.29) is 17.9 Å². The molecular formula is C10H10FNO4. The molecule has 6 heteroatoms. The van der Waals surface area contributed by atoms with Crippen LogP contribution in [0.4, 0.5) is 10.1 Å². The number of carbonyl (C=O) groups is 1. The lowest BCUT2D eigenvalue weighted by molar-refractivity contribution is -0.387. The van der Waals surface area contributed by atoms with Crippen LogP contribution in [0.1, 0.15) is 24.2 Å². The molecule has 1 rings (SSSR count). The summed E-state index contributed by atoms with van der Waals surface area (Å²) in [6.07, 6.45) is 0. The smallest absolute Gasteiger partial charge is 0.305 e. The van der Waals surface area contributed by atoms with Crippen molar-refractivity contribution in [2.75, 3.05) is 6.61 Å². The number of carbonyl (C=O) groups excluding carboxylic acids is 1. The minimum absolute atomic E-state index is 0.0260. The van der Waals surface area contributed by atoms with Crippen molar-refractivity contribution in [1.82, 2.24) is 0 Å². The third-order valence-electron chi connectivity index (χ3n) is 1.93. The predicted molar refractivity (Wildman–Crippen MR) is 54.2 cm³/mol. The highest BCUT2D eigenvalue weighted by Crippen LogP contribution is 2.29. The highest BCUT2D eigenvalue weighted by atomic mass is 19.1. The third kappa shape index (κ3) is 2.16. The Morgan fingerprint density at radius 3 is 2.62 bits per heavy atom. The van der Waals surface area contributed by atoms with Crippen molar-refractivity contribution >= 4 is 11.5 Å². The first-order valence-electron chi connectivity index (χ1n) is 4.59. The molecule has 5 nitrogen and oxygen atoms in total. The van der Waals surface area contributed by atoms with Gasteiger partial charge in [-0.3, -0.25) is 14.9 Å². The van der Waals surface area contributed by atoms with Gasteiger partial charge in [0.2, 0.25) is 5.82 Å². The van der Waals surface area contributed by atoms with E-state index in [1.54, 1.807) is 6.92 Å². The van der Waals surface area contributed by atoms with Crippen LogP contribution >= 0.6 is 0 Å². The van der Waals surface area contributed by atoms with E-state index in [4.69, 9.17) is 4.74 Å². The zero-order valence-corrected chi connectivity index (χ0v) is 8.82. The van der Waals surface area contributed by atoms with E-state index < -0.39 is 22.2 Å². The molecule has 0 bridgehead atoms. The molecule has 0 aliphatic rings. The van der Waals surface area contributed by atoms with Crippen LogP contribution in [0.25, 0.3) is 0 Å². The zero-order chi connectivity index (χ0) is 12.3. The number of nitro groups is 1. The average molecular weight is 227 g/mol. The van der Waals surface area contributed by atoms with E-state index in [2.05, 4.69) is 0 Å². The highest BCUT2D eigenvalue weighted by Gasteiger charge is 2.24. The van der Waals surface area contributed by atoms with Crippen molar-refractivity contribution in [2.45, 2.75) is 13.8 Å². The van der Waals surface area contributed by atoms with Gasteiger partial charge in [0.15, 0.2) is 5.78 Å². The molecule has 0 atom stereocenters. The van der Waals surface area contributed by atoms with Crippen LogP contribution in [0, 0.1) is 15.9 Å². The van der Waals surface area contributed by atoms with Gasteiger partial charge >= 0.3 is 5.69 Å². The monoisotopic (exact) mass is 227 g/mol. The summed E-state index contributed by atoms with van der Waals surface area (Å²) in [5.74, 6) is -1.73. The maximum atomic E-state index is 13.6. The number of ketones is 1. The number of nitro benzene ring substituents is 1. The summed E-state index contributed by atoms with van der Waals surface area (Å²) < 4.78 is 18.6. The molecule has 0 aromatic heterocycles. The normalized spacial score (nSPS) is 9.94. The summed E-state index contributed by atoms with van der Waals surface area (Å²) in [5, 5.41) is 10.5. The van der Waals surface area contributed by atoms with Crippen LogP contribution in [0.3, 0.4) is 0 Å².